The number of nitrogens with one attached hydrogen (secondary N) is 3. The highest BCUT2D eigenvalue weighted by molar-refractivity contribution is 7.13. The van der Waals surface area contributed by atoms with E-state index in [4.69, 9.17) is 9.84 Å². The zero-order valence-electron chi connectivity index (χ0n) is 27.6. The first-order valence-electron chi connectivity index (χ1n) is 16.0. The third-order valence-electron chi connectivity index (χ3n) is 8.38. The Bertz CT molecular complexity index is 1520. The van der Waals surface area contributed by atoms with Crippen LogP contribution in [0.25, 0.3) is 10.4 Å². The first-order valence-corrected chi connectivity index (χ1v) is 16.9. The molecule has 0 bridgehead atoms. The van der Waals surface area contributed by atoms with Crippen molar-refractivity contribution < 1.29 is 43.3 Å². The van der Waals surface area contributed by atoms with Gasteiger partial charge >= 0.3 is 5.97 Å². The Morgan fingerprint density at radius 1 is 1.17 bits per heavy atom. The van der Waals surface area contributed by atoms with Gasteiger partial charge in [0, 0.05) is 38.0 Å². The number of carbonyl (C=O) groups is 5. The highest BCUT2D eigenvalue weighted by atomic mass is 32.1. The van der Waals surface area contributed by atoms with Crippen LogP contribution in [0.15, 0.2) is 23.7 Å². The Kier molecular flexibility index (Phi) is 11.8. The fourth-order valence-corrected chi connectivity index (χ4v) is 6.20. The van der Waals surface area contributed by atoms with E-state index in [0.717, 1.165) is 16.1 Å². The smallest absolute Gasteiger partial charge is 0.303 e. The average Bonchev–Trinajstić information content (AvgIpc) is 3.43. The lowest BCUT2D eigenvalue weighted by atomic mass is 9.85. The van der Waals surface area contributed by atoms with E-state index < -0.39 is 58.9 Å². The normalized spacial score (nSPS) is 18.9. The maximum Gasteiger partial charge on any atom is 0.303 e. The lowest BCUT2D eigenvalue weighted by Crippen LogP contribution is -2.59. The van der Waals surface area contributed by atoms with Gasteiger partial charge in [-0.3, -0.25) is 24.0 Å². The molecule has 1 saturated heterocycles. The molecule has 3 atom stereocenters. The van der Waals surface area contributed by atoms with Crippen LogP contribution in [0.4, 0.5) is 4.39 Å². The Hall–Kier alpha value is -4.11. The van der Waals surface area contributed by atoms with E-state index in [1.807, 2.05) is 13.0 Å². The van der Waals surface area contributed by atoms with Gasteiger partial charge in [0.15, 0.2) is 12.3 Å². The molecule has 1 saturated carbocycles. The number of halogens is 1. The monoisotopic (exact) mass is 689 g/mol. The number of thiazole rings is 1. The Morgan fingerprint density at radius 3 is 2.52 bits per heavy atom. The van der Waals surface area contributed by atoms with Crippen molar-refractivity contribution in [2.24, 2.45) is 5.41 Å². The fourth-order valence-electron chi connectivity index (χ4n) is 5.40. The number of nitrogens with zero attached hydrogens (tertiary/aromatic N) is 2. The lowest BCUT2D eigenvalue weighted by Gasteiger charge is -2.35. The van der Waals surface area contributed by atoms with E-state index in [1.54, 1.807) is 38.4 Å². The lowest BCUT2D eigenvalue weighted by molar-refractivity contribution is -0.145. The van der Waals surface area contributed by atoms with Gasteiger partial charge in [-0.05, 0) is 49.7 Å². The number of benzene rings is 1. The molecule has 13 nitrogen and oxygen atoms in total. The number of aliphatic carboxylic acids is 1. The van der Waals surface area contributed by atoms with E-state index in [1.165, 1.54) is 16.2 Å². The largest absolute Gasteiger partial charge is 0.483 e. The summed E-state index contributed by atoms with van der Waals surface area (Å²) in [5, 5.41) is 27.3. The predicted octanol–water partition coefficient (Wildman–Crippen LogP) is 2.48. The van der Waals surface area contributed by atoms with Crippen molar-refractivity contribution in [3.8, 4) is 16.2 Å². The molecular weight excluding hydrogens is 645 g/mol. The highest BCUT2D eigenvalue weighted by Gasteiger charge is 2.53. The predicted molar refractivity (Wildman–Crippen MR) is 175 cm³/mol. The number of likely N-dealkylation sites (tertiary alicyclic amines) is 1. The van der Waals surface area contributed by atoms with Crippen LogP contribution in [-0.4, -0.2) is 93.2 Å². The Balaban J connectivity index is 1.45. The maximum absolute atomic E-state index is 14.5. The van der Waals surface area contributed by atoms with Crippen molar-refractivity contribution in [2.45, 2.75) is 96.6 Å². The van der Waals surface area contributed by atoms with Crippen molar-refractivity contribution in [3.05, 3.63) is 35.0 Å². The number of amides is 4. The molecule has 1 aliphatic heterocycles. The molecule has 0 radical (unpaired) electrons. The number of aliphatic hydroxyl groups excluding tert-OH is 1. The van der Waals surface area contributed by atoms with Crippen LogP contribution in [0.3, 0.4) is 0 Å². The second kappa shape index (κ2) is 15.4. The molecule has 2 aromatic rings. The molecule has 1 unspecified atom stereocenters. The zero-order chi connectivity index (χ0) is 35.2. The van der Waals surface area contributed by atoms with E-state index in [2.05, 4.69) is 20.9 Å². The van der Waals surface area contributed by atoms with Crippen molar-refractivity contribution >= 4 is 40.9 Å². The van der Waals surface area contributed by atoms with Gasteiger partial charge in [-0.25, -0.2) is 9.37 Å². The summed E-state index contributed by atoms with van der Waals surface area (Å²) in [4.78, 5) is 69.4. The molecule has 4 rings (SSSR count). The molecule has 5 N–H and O–H groups in total. The number of β-amino-alcohol motifs (C(OH)–C–C–N with tert-alkyl or cyclic N) is 1. The quantitative estimate of drug-likeness (QED) is 0.175. The van der Waals surface area contributed by atoms with Gasteiger partial charge in [0.05, 0.1) is 22.2 Å². The number of carbonyl (C=O) groups excluding carboxylic acids is 4. The van der Waals surface area contributed by atoms with Gasteiger partial charge in [0.25, 0.3) is 11.8 Å². The second-order valence-corrected chi connectivity index (χ2v) is 14.3. The molecule has 1 aliphatic carbocycles. The molecule has 15 heteroatoms. The van der Waals surface area contributed by atoms with E-state index in [0.29, 0.717) is 30.7 Å². The van der Waals surface area contributed by atoms with Crippen molar-refractivity contribution in [2.75, 3.05) is 19.7 Å². The average molecular weight is 690 g/mol. The molecule has 1 aromatic carbocycles. The van der Waals surface area contributed by atoms with Gasteiger partial charge in [-0.15, -0.1) is 11.3 Å². The van der Waals surface area contributed by atoms with Gasteiger partial charge in [-0.2, -0.15) is 0 Å². The second-order valence-electron chi connectivity index (χ2n) is 13.4. The molecular formula is C33H44FN5O8S. The van der Waals surface area contributed by atoms with Crippen LogP contribution >= 0.6 is 11.3 Å². The van der Waals surface area contributed by atoms with Crippen LogP contribution in [0.2, 0.25) is 0 Å². The van der Waals surface area contributed by atoms with Crippen molar-refractivity contribution in [1.29, 1.82) is 0 Å². The number of hydrogen-bond acceptors (Lipinski definition) is 9. The van der Waals surface area contributed by atoms with E-state index >= 15 is 0 Å². The number of hydrogen-bond donors (Lipinski definition) is 5. The number of aryl methyl sites for hydroxylation is 1. The number of carboxylic acids is 1. The molecule has 2 heterocycles. The summed E-state index contributed by atoms with van der Waals surface area (Å²) in [5.41, 5.74) is 1.11. The number of aliphatic hydroxyl groups is 1. The number of unbranched alkanes of at least 4 members (excludes halogenated alkanes) is 1. The van der Waals surface area contributed by atoms with Crippen molar-refractivity contribution in [1.82, 2.24) is 25.8 Å². The highest BCUT2D eigenvalue weighted by Crippen LogP contribution is 2.40. The standard InChI is InChI=1S/C33H44FN5O8S/c1-19-27(48-18-37-19)20-8-9-21(24(13-20)47-17-25(41)35-12-6-5-7-26(42)43)15-36-29(44)23-14-22(40)16-39(23)30(45)28(32(2,3)4)38-31(46)33(34)10-11-33/h8-9,13,18,22-23,28,40H,5-7,10-12,14-17H2,1-4H3,(H,35,41)(H,36,44)(H,38,46)(H,42,43)/t22-,23+,28?/m1/s1. The topological polar surface area (TPSA) is 187 Å². The SMILES string of the molecule is Cc1ncsc1-c1ccc(CNC(=O)[C@@H]2C[C@@H](O)CN2C(=O)C(NC(=O)C2(F)CC2)C(C)(C)C)c(OCC(=O)NCCCCC(=O)O)c1. The first kappa shape index (κ1) is 36.7. The van der Waals surface area contributed by atoms with E-state index in [9.17, 15) is 33.5 Å². The van der Waals surface area contributed by atoms with Gasteiger partial charge < -0.3 is 35.8 Å². The Labute approximate surface area is 282 Å². The third-order valence-corrected chi connectivity index (χ3v) is 9.35. The Morgan fingerprint density at radius 2 is 1.90 bits per heavy atom. The number of aromatic nitrogens is 1. The summed E-state index contributed by atoms with van der Waals surface area (Å²) < 4.78 is 20.4. The van der Waals surface area contributed by atoms with Gasteiger partial charge in [-0.1, -0.05) is 32.9 Å². The minimum absolute atomic E-state index is 0.0183. The molecule has 2 aliphatic rings. The number of alkyl halides is 1. The van der Waals surface area contributed by atoms with Crippen molar-refractivity contribution in [3.63, 3.8) is 0 Å². The summed E-state index contributed by atoms with van der Waals surface area (Å²) in [6.07, 6.45) is 0.145. The van der Waals surface area contributed by atoms with Crippen LogP contribution in [0.1, 0.15) is 70.6 Å². The third kappa shape index (κ3) is 9.49. The van der Waals surface area contributed by atoms with Crippen LogP contribution in [-0.2, 0) is 30.5 Å². The molecule has 262 valence electrons. The minimum atomic E-state index is -1.98. The molecule has 4 amide bonds. The first-order chi connectivity index (χ1) is 22.6. The van der Waals surface area contributed by atoms with Crippen LogP contribution < -0.4 is 20.7 Å². The summed E-state index contributed by atoms with van der Waals surface area (Å²) in [6.45, 7) is 6.90. The van der Waals surface area contributed by atoms with Crippen LogP contribution in [0, 0.1) is 12.3 Å². The molecule has 0 spiro atoms. The molecule has 1 aromatic heterocycles. The molecule has 48 heavy (non-hydrogen) atoms. The fraction of sp³-hybridized carbons (Fsp3) is 0.576. The van der Waals surface area contributed by atoms with Gasteiger partial charge in [0.2, 0.25) is 11.8 Å². The van der Waals surface area contributed by atoms with Gasteiger partial charge in [0.1, 0.15) is 17.8 Å². The van der Waals surface area contributed by atoms with E-state index in [-0.39, 0.29) is 45.4 Å². The molecule has 2 fully saturated rings. The summed E-state index contributed by atoms with van der Waals surface area (Å²) in [5.74, 6) is -2.92. The number of rotatable bonds is 15. The maximum atomic E-state index is 14.5. The number of carboxylic acid groups (broad SMARTS) is 1. The number of ether oxygens (including phenoxy) is 1. The summed E-state index contributed by atoms with van der Waals surface area (Å²) in [6, 6.07) is 3.21. The zero-order valence-corrected chi connectivity index (χ0v) is 28.5. The van der Waals surface area contributed by atoms with Crippen LogP contribution in [0.5, 0.6) is 5.75 Å². The minimum Gasteiger partial charge on any atom is -0.483 e. The summed E-state index contributed by atoms with van der Waals surface area (Å²) >= 11 is 1.44. The summed E-state index contributed by atoms with van der Waals surface area (Å²) in [7, 11) is 0.